The fourth-order valence-electron chi connectivity index (χ4n) is 6.26. The maximum Gasteiger partial charge on any atom is 0.120 e. The summed E-state index contributed by atoms with van der Waals surface area (Å²) in [5, 5.41) is 11.9. The number of hydrogen-bond donors (Lipinski definition) is 1. The number of benzene rings is 1. The van der Waals surface area contributed by atoms with Gasteiger partial charge in [-0.3, -0.25) is 9.88 Å². The highest BCUT2D eigenvalue weighted by atomic mass is 16.5. The number of piperidine rings is 1. The lowest BCUT2D eigenvalue weighted by Crippen LogP contribution is -2.53. The number of rotatable bonds is 6. The molecule has 2 aliphatic heterocycles. The van der Waals surface area contributed by atoms with Gasteiger partial charge >= 0.3 is 0 Å². The van der Waals surface area contributed by atoms with Crippen molar-refractivity contribution in [3.8, 4) is 5.75 Å². The van der Waals surface area contributed by atoms with E-state index in [0.717, 1.165) is 50.5 Å². The van der Waals surface area contributed by atoms with Gasteiger partial charge in [-0.15, -0.1) is 0 Å². The molecule has 0 aliphatic carbocycles. The topological polar surface area (TPSA) is 53.8 Å². The van der Waals surface area contributed by atoms with E-state index in [1.165, 1.54) is 35.1 Å². The first-order valence-electron chi connectivity index (χ1n) is 12.2. The molecule has 0 radical (unpaired) electrons. The van der Waals surface area contributed by atoms with Crippen LogP contribution in [0, 0.1) is 0 Å². The van der Waals surface area contributed by atoms with Gasteiger partial charge in [-0.2, -0.15) is 0 Å². The quantitative estimate of drug-likeness (QED) is 0.620. The molecule has 1 N–H and O–H groups in total. The number of aromatic nitrogens is 2. The number of likely N-dealkylation sites (tertiary alicyclic amines) is 1. The summed E-state index contributed by atoms with van der Waals surface area (Å²) in [5.74, 6) is 0.873. The zero-order valence-corrected chi connectivity index (χ0v) is 20.1. The minimum atomic E-state index is -0.0512. The van der Waals surface area contributed by atoms with Crippen LogP contribution in [-0.2, 0) is 19.0 Å². The minimum Gasteiger partial charge on any atom is -0.497 e. The van der Waals surface area contributed by atoms with Gasteiger partial charge < -0.3 is 19.3 Å². The maximum atomic E-state index is 10.6. The molecule has 3 aromatic rings. The molecule has 5 rings (SSSR count). The SMILES string of the molecule is CCCN1CCC2(CC1)CN(Cc1ccccn1)[C@@H](CO)c1c2c2ccc(OC)cc2n1C. The second-order valence-corrected chi connectivity index (χ2v) is 9.75. The number of pyridine rings is 1. The molecule has 2 aromatic heterocycles. The second-order valence-electron chi connectivity index (χ2n) is 9.75. The summed E-state index contributed by atoms with van der Waals surface area (Å²) in [7, 11) is 3.87. The highest BCUT2D eigenvalue weighted by Gasteiger charge is 2.48. The van der Waals surface area contributed by atoms with Gasteiger partial charge in [-0.1, -0.05) is 13.0 Å². The summed E-state index contributed by atoms with van der Waals surface area (Å²) >= 11 is 0. The number of hydrogen-bond acceptors (Lipinski definition) is 5. The number of aliphatic hydroxyl groups is 1. The van der Waals surface area contributed by atoms with Crippen molar-refractivity contribution in [1.29, 1.82) is 0 Å². The number of aryl methyl sites for hydroxylation is 1. The minimum absolute atomic E-state index is 0.0512. The number of aliphatic hydroxyl groups excluding tert-OH is 1. The Bertz CT molecular complexity index is 1100. The van der Waals surface area contributed by atoms with Gasteiger partial charge in [-0.05, 0) is 68.7 Å². The molecule has 0 unspecified atom stereocenters. The molecule has 1 aromatic carbocycles. The fraction of sp³-hybridized carbons (Fsp3) is 0.519. The fourth-order valence-corrected chi connectivity index (χ4v) is 6.26. The van der Waals surface area contributed by atoms with Crippen LogP contribution in [0.5, 0.6) is 5.75 Å². The summed E-state index contributed by atoms with van der Waals surface area (Å²) in [4.78, 5) is 9.68. The normalized spacial score (nSPS) is 20.9. The van der Waals surface area contributed by atoms with Crippen molar-refractivity contribution in [2.24, 2.45) is 7.05 Å². The van der Waals surface area contributed by atoms with Crippen molar-refractivity contribution >= 4 is 10.9 Å². The van der Waals surface area contributed by atoms with Gasteiger partial charge in [0.25, 0.3) is 0 Å². The number of nitrogens with zero attached hydrogens (tertiary/aromatic N) is 4. The standard InChI is InChI=1S/C27H36N4O2/c1-4-13-30-14-10-27(11-15-30)19-31(17-20-7-5-6-12-28-20)24(18-32)26-25(27)22-9-8-21(33-3)16-23(22)29(26)2/h5-9,12,16,24,32H,4,10-11,13-15,17-19H2,1-3H3/t24-/m0/s1. The van der Waals surface area contributed by atoms with E-state index in [1.807, 2.05) is 18.3 Å². The van der Waals surface area contributed by atoms with Gasteiger partial charge in [0.1, 0.15) is 5.75 Å². The average Bonchev–Trinajstić information content (AvgIpc) is 3.14. The third-order valence-corrected chi connectivity index (χ3v) is 7.86. The van der Waals surface area contributed by atoms with Crippen LogP contribution >= 0.6 is 0 Å². The van der Waals surface area contributed by atoms with E-state index in [4.69, 9.17) is 4.74 Å². The van der Waals surface area contributed by atoms with E-state index in [9.17, 15) is 5.11 Å². The summed E-state index contributed by atoms with van der Waals surface area (Å²) < 4.78 is 7.86. The first-order valence-corrected chi connectivity index (χ1v) is 12.2. The third-order valence-electron chi connectivity index (χ3n) is 7.86. The molecular formula is C27H36N4O2. The van der Waals surface area contributed by atoms with Crippen LogP contribution in [-0.4, -0.2) is 64.4 Å². The van der Waals surface area contributed by atoms with Crippen molar-refractivity contribution < 1.29 is 9.84 Å². The molecular weight excluding hydrogens is 412 g/mol. The van der Waals surface area contributed by atoms with E-state index in [-0.39, 0.29) is 18.1 Å². The molecule has 1 spiro atoms. The van der Waals surface area contributed by atoms with Crippen molar-refractivity contribution in [3.05, 3.63) is 59.5 Å². The van der Waals surface area contributed by atoms with Crippen LogP contribution < -0.4 is 4.74 Å². The lowest BCUT2D eigenvalue weighted by atomic mass is 9.68. The summed E-state index contributed by atoms with van der Waals surface area (Å²) in [6.07, 6.45) is 5.34. The molecule has 0 saturated carbocycles. The van der Waals surface area contributed by atoms with Crippen LogP contribution in [0.4, 0.5) is 0 Å². The average molecular weight is 449 g/mol. The van der Waals surface area contributed by atoms with E-state index < -0.39 is 0 Å². The Morgan fingerprint density at radius 2 is 2.00 bits per heavy atom. The number of methoxy groups -OCH3 is 1. The lowest BCUT2D eigenvalue weighted by molar-refractivity contribution is 0.0409. The molecule has 4 heterocycles. The zero-order valence-electron chi connectivity index (χ0n) is 20.1. The van der Waals surface area contributed by atoms with Crippen LogP contribution in [0.2, 0.25) is 0 Å². The molecule has 0 bridgehead atoms. The highest BCUT2D eigenvalue weighted by Crippen LogP contribution is 2.50. The first kappa shape index (κ1) is 22.4. The van der Waals surface area contributed by atoms with Crippen molar-refractivity contribution in [2.75, 3.05) is 39.9 Å². The van der Waals surface area contributed by atoms with Gasteiger partial charge in [0, 0.05) is 48.9 Å². The predicted octanol–water partition coefficient (Wildman–Crippen LogP) is 3.87. The van der Waals surface area contributed by atoms with Crippen LogP contribution in [0.3, 0.4) is 0 Å². The Morgan fingerprint density at radius 1 is 1.18 bits per heavy atom. The van der Waals surface area contributed by atoms with Crippen molar-refractivity contribution in [2.45, 2.75) is 44.2 Å². The van der Waals surface area contributed by atoms with E-state index in [0.29, 0.717) is 0 Å². The zero-order chi connectivity index (χ0) is 23.0. The predicted molar refractivity (Wildman–Crippen MR) is 132 cm³/mol. The summed E-state index contributed by atoms with van der Waals surface area (Å²) in [6.45, 7) is 7.49. The second kappa shape index (κ2) is 9.09. The monoisotopic (exact) mass is 448 g/mol. The van der Waals surface area contributed by atoms with Gasteiger partial charge in [-0.25, -0.2) is 0 Å². The first-order chi connectivity index (χ1) is 16.1. The Labute approximate surface area is 196 Å². The molecule has 33 heavy (non-hydrogen) atoms. The Hall–Kier alpha value is -2.41. The Kier molecular flexibility index (Phi) is 6.16. The van der Waals surface area contributed by atoms with E-state index in [1.54, 1.807) is 7.11 Å². The largest absolute Gasteiger partial charge is 0.497 e. The van der Waals surface area contributed by atoms with E-state index >= 15 is 0 Å². The third kappa shape index (κ3) is 3.84. The molecule has 6 nitrogen and oxygen atoms in total. The molecule has 1 atom stereocenters. The smallest absolute Gasteiger partial charge is 0.120 e. The molecule has 1 fully saturated rings. The number of ether oxygens (including phenoxy) is 1. The highest BCUT2D eigenvalue weighted by molar-refractivity contribution is 5.88. The van der Waals surface area contributed by atoms with Crippen molar-refractivity contribution in [3.63, 3.8) is 0 Å². The number of fused-ring (bicyclic) bond motifs is 4. The molecule has 1 saturated heterocycles. The van der Waals surface area contributed by atoms with Crippen LogP contribution in [0.25, 0.3) is 10.9 Å². The summed E-state index contributed by atoms with van der Waals surface area (Å²) in [5.41, 5.74) is 5.03. The maximum absolute atomic E-state index is 10.6. The Balaban J connectivity index is 1.64. The van der Waals surface area contributed by atoms with Gasteiger partial charge in [0.15, 0.2) is 0 Å². The van der Waals surface area contributed by atoms with Crippen LogP contribution in [0.15, 0.2) is 42.6 Å². The van der Waals surface area contributed by atoms with Crippen LogP contribution in [0.1, 0.15) is 49.2 Å². The molecule has 2 aliphatic rings. The van der Waals surface area contributed by atoms with E-state index in [2.05, 4.69) is 57.6 Å². The molecule has 0 amide bonds. The lowest BCUT2D eigenvalue weighted by Gasteiger charge is -2.50. The van der Waals surface area contributed by atoms with Gasteiger partial charge in [0.05, 0.1) is 31.0 Å². The summed E-state index contributed by atoms with van der Waals surface area (Å²) in [6, 6.07) is 12.5. The molecule has 6 heteroatoms. The molecule has 176 valence electrons. The Morgan fingerprint density at radius 3 is 2.67 bits per heavy atom. The van der Waals surface area contributed by atoms with Gasteiger partial charge in [0.2, 0.25) is 0 Å². The van der Waals surface area contributed by atoms with Crippen molar-refractivity contribution in [1.82, 2.24) is 19.4 Å².